The molecule has 2 atom stereocenters. The minimum Gasteiger partial charge on any atom is -0.496 e. The highest BCUT2D eigenvalue weighted by Gasteiger charge is 2.19. The lowest BCUT2D eigenvalue weighted by Gasteiger charge is -2.15. The number of aliphatic hydroxyl groups is 1. The maximum absolute atomic E-state index is 10.1. The molecule has 1 aliphatic rings. The summed E-state index contributed by atoms with van der Waals surface area (Å²) in [6.45, 7) is 0.839. The highest BCUT2D eigenvalue weighted by molar-refractivity contribution is 9.10. The van der Waals surface area contributed by atoms with Gasteiger partial charge in [0.15, 0.2) is 0 Å². The summed E-state index contributed by atoms with van der Waals surface area (Å²) in [7, 11) is 1.64. The molecule has 1 heterocycles. The van der Waals surface area contributed by atoms with Crippen molar-refractivity contribution in [3.63, 3.8) is 0 Å². The van der Waals surface area contributed by atoms with Crippen LogP contribution in [0.3, 0.4) is 0 Å². The molecular weight excluding hydrogens is 296 g/mol. The fourth-order valence-electron chi connectivity index (χ4n) is 2.33. The van der Waals surface area contributed by atoms with E-state index < -0.39 is 0 Å². The Balaban J connectivity index is 1.89. The van der Waals surface area contributed by atoms with Crippen LogP contribution in [0.1, 0.15) is 24.8 Å². The Morgan fingerprint density at radius 2 is 2.39 bits per heavy atom. The molecule has 0 amide bonds. The van der Waals surface area contributed by atoms with Gasteiger partial charge in [-0.05, 0) is 59.3 Å². The number of hydrogen-bond acceptors (Lipinski definition) is 3. The Hall–Kier alpha value is -0.580. The van der Waals surface area contributed by atoms with Gasteiger partial charge in [0.1, 0.15) is 5.75 Å². The van der Waals surface area contributed by atoms with E-state index in [1.165, 1.54) is 0 Å². The number of aliphatic hydroxyl groups excluding tert-OH is 1. The minimum atomic E-state index is -0.339. The Morgan fingerprint density at radius 1 is 1.56 bits per heavy atom. The summed E-state index contributed by atoms with van der Waals surface area (Å²) in [5, 5.41) is 10.1. The second-order valence-electron chi connectivity index (χ2n) is 4.70. The van der Waals surface area contributed by atoms with E-state index in [2.05, 4.69) is 15.9 Å². The van der Waals surface area contributed by atoms with Gasteiger partial charge in [-0.15, -0.1) is 0 Å². The maximum atomic E-state index is 10.1. The van der Waals surface area contributed by atoms with Crippen LogP contribution >= 0.6 is 15.9 Å². The topological polar surface area (TPSA) is 38.7 Å². The van der Waals surface area contributed by atoms with Crippen LogP contribution in [0.15, 0.2) is 22.7 Å². The molecule has 2 unspecified atom stereocenters. The molecule has 0 aliphatic carbocycles. The number of hydrogen-bond donors (Lipinski definition) is 1. The predicted octanol–water partition coefficient (Wildman–Crippen LogP) is 2.93. The van der Waals surface area contributed by atoms with Crippen molar-refractivity contribution < 1.29 is 14.6 Å². The molecule has 2 rings (SSSR count). The van der Waals surface area contributed by atoms with Gasteiger partial charge in [0.25, 0.3) is 0 Å². The maximum Gasteiger partial charge on any atom is 0.133 e. The highest BCUT2D eigenvalue weighted by atomic mass is 79.9. The van der Waals surface area contributed by atoms with Crippen LogP contribution in [0, 0.1) is 0 Å². The Labute approximate surface area is 116 Å². The molecule has 1 N–H and O–H groups in total. The molecule has 0 saturated carbocycles. The van der Waals surface area contributed by atoms with E-state index in [4.69, 9.17) is 9.47 Å². The third-order valence-electron chi connectivity index (χ3n) is 3.25. The van der Waals surface area contributed by atoms with Crippen LogP contribution in [0.2, 0.25) is 0 Å². The Morgan fingerprint density at radius 3 is 3.00 bits per heavy atom. The molecule has 0 bridgehead atoms. The molecule has 0 aromatic heterocycles. The van der Waals surface area contributed by atoms with E-state index >= 15 is 0 Å². The van der Waals surface area contributed by atoms with Crippen molar-refractivity contribution in [3.05, 3.63) is 28.2 Å². The molecule has 1 fully saturated rings. The smallest absolute Gasteiger partial charge is 0.133 e. The minimum absolute atomic E-state index is 0.238. The summed E-state index contributed by atoms with van der Waals surface area (Å²) >= 11 is 3.45. The van der Waals surface area contributed by atoms with Gasteiger partial charge in [-0.2, -0.15) is 0 Å². The molecule has 1 saturated heterocycles. The van der Waals surface area contributed by atoms with Crippen LogP contribution in [0.25, 0.3) is 0 Å². The Kier molecular flexibility index (Phi) is 5.03. The third kappa shape index (κ3) is 3.70. The normalized spacial score (nSPS) is 20.9. The van der Waals surface area contributed by atoms with Crippen molar-refractivity contribution in [2.75, 3.05) is 13.7 Å². The number of halogens is 1. The molecule has 1 aliphatic heterocycles. The average Bonchev–Trinajstić information content (AvgIpc) is 2.82. The zero-order valence-corrected chi connectivity index (χ0v) is 12.1. The summed E-state index contributed by atoms with van der Waals surface area (Å²) in [5.74, 6) is 0.812. The summed E-state index contributed by atoms with van der Waals surface area (Å²) in [6.07, 6.45) is 3.47. The Bertz CT molecular complexity index is 389. The van der Waals surface area contributed by atoms with Crippen LogP contribution < -0.4 is 4.74 Å². The monoisotopic (exact) mass is 314 g/mol. The third-order valence-corrected chi connectivity index (χ3v) is 3.87. The number of benzene rings is 1. The molecular formula is C14H19BrO3. The first-order valence-corrected chi connectivity index (χ1v) is 7.10. The van der Waals surface area contributed by atoms with Crippen molar-refractivity contribution >= 4 is 15.9 Å². The molecule has 4 heteroatoms. The van der Waals surface area contributed by atoms with Gasteiger partial charge < -0.3 is 14.6 Å². The summed E-state index contributed by atoms with van der Waals surface area (Å²) < 4.78 is 11.6. The summed E-state index contributed by atoms with van der Waals surface area (Å²) in [6, 6.07) is 5.90. The molecule has 1 aromatic rings. The molecule has 18 heavy (non-hydrogen) atoms. The lowest BCUT2D eigenvalue weighted by Crippen LogP contribution is -2.19. The fraction of sp³-hybridized carbons (Fsp3) is 0.571. The highest BCUT2D eigenvalue weighted by Crippen LogP contribution is 2.26. The molecule has 1 aromatic carbocycles. The van der Waals surface area contributed by atoms with E-state index in [-0.39, 0.29) is 12.2 Å². The summed E-state index contributed by atoms with van der Waals surface area (Å²) in [5.41, 5.74) is 1.10. The SMILES string of the molecule is COc1ccc(CC(O)CC2CCCO2)cc1Br. The van der Waals surface area contributed by atoms with Gasteiger partial charge in [-0.3, -0.25) is 0 Å². The fourth-order valence-corrected chi connectivity index (χ4v) is 2.91. The molecule has 100 valence electrons. The second-order valence-corrected chi connectivity index (χ2v) is 5.55. The van der Waals surface area contributed by atoms with Crippen molar-refractivity contribution in [2.45, 2.75) is 37.9 Å². The van der Waals surface area contributed by atoms with E-state index in [1.54, 1.807) is 7.11 Å². The van der Waals surface area contributed by atoms with Gasteiger partial charge in [0.2, 0.25) is 0 Å². The van der Waals surface area contributed by atoms with Crippen LogP contribution in [-0.2, 0) is 11.2 Å². The van der Waals surface area contributed by atoms with E-state index in [0.29, 0.717) is 6.42 Å². The molecule has 0 spiro atoms. The quantitative estimate of drug-likeness (QED) is 0.908. The van der Waals surface area contributed by atoms with Gasteiger partial charge in [-0.1, -0.05) is 6.07 Å². The lowest BCUT2D eigenvalue weighted by atomic mass is 10.0. The summed E-state index contributed by atoms with van der Waals surface area (Å²) in [4.78, 5) is 0. The van der Waals surface area contributed by atoms with Crippen molar-refractivity contribution in [2.24, 2.45) is 0 Å². The van der Waals surface area contributed by atoms with Gasteiger partial charge in [0.05, 0.1) is 23.8 Å². The number of ether oxygens (including phenoxy) is 2. The number of rotatable bonds is 5. The van der Waals surface area contributed by atoms with E-state index in [0.717, 1.165) is 41.7 Å². The average molecular weight is 315 g/mol. The second kappa shape index (κ2) is 6.55. The lowest BCUT2D eigenvalue weighted by molar-refractivity contribution is 0.0541. The first-order chi connectivity index (χ1) is 8.69. The van der Waals surface area contributed by atoms with E-state index in [9.17, 15) is 5.11 Å². The van der Waals surface area contributed by atoms with Crippen LogP contribution in [-0.4, -0.2) is 31.0 Å². The largest absolute Gasteiger partial charge is 0.496 e. The van der Waals surface area contributed by atoms with Crippen molar-refractivity contribution in [3.8, 4) is 5.75 Å². The molecule has 0 radical (unpaired) electrons. The molecule has 3 nitrogen and oxygen atoms in total. The van der Waals surface area contributed by atoms with Crippen LogP contribution in [0.4, 0.5) is 0 Å². The van der Waals surface area contributed by atoms with E-state index in [1.807, 2.05) is 18.2 Å². The standard InChI is InChI=1S/C14H19BrO3/c1-17-14-5-4-10(8-13(14)15)7-11(16)9-12-3-2-6-18-12/h4-5,8,11-12,16H,2-3,6-7,9H2,1H3. The van der Waals surface area contributed by atoms with Crippen molar-refractivity contribution in [1.82, 2.24) is 0 Å². The van der Waals surface area contributed by atoms with Gasteiger partial charge in [0, 0.05) is 6.61 Å². The first-order valence-electron chi connectivity index (χ1n) is 6.31. The van der Waals surface area contributed by atoms with Gasteiger partial charge >= 0.3 is 0 Å². The predicted molar refractivity (Wildman–Crippen MR) is 74.0 cm³/mol. The van der Waals surface area contributed by atoms with Gasteiger partial charge in [-0.25, -0.2) is 0 Å². The first kappa shape index (κ1) is 13.8. The van der Waals surface area contributed by atoms with Crippen LogP contribution in [0.5, 0.6) is 5.75 Å². The zero-order chi connectivity index (χ0) is 13.0. The zero-order valence-electron chi connectivity index (χ0n) is 10.6. The van der Waals surface area contributed by atoms with Crippen molar-refractivity contribution in [1.29, 1.82) is 0 Å². The number of methoxy groups -OCH3 is 1.